The van der Waals surface area contributed by atoms with Crippen molar-refractivity contribution in [3.63, 3.8) is 0 Å². The fourth-order valence-electron chi connectivity index (χ4n) is 3.13. The molecule has 2 N–H and O–H groups in total. The van der Waals surface area contributed by atoms with Gasteiger partial charge in [0.1, 0.15) is 5.75 Å². The maximum atomic E-state index is 12.1. The number of hydrogen-bond acceptors (Lipinski definition) is 6. The molecule has 3 rings (SSSR count). The van der Waals surface area contributed by atoms with E-state index in [2.05, 4.69) is 10.6 Å². The minimum absolute atomic E-state index is 0.0597. The van der Waals surface area contributed by atoms with E-state index in [9.17, 15) is 14.4 Å². The molecule has 0 bridgehead atoms. The van der Waals surface area contributed by atoms with Crippen molar-refractivity contribution in [3.05, 3.63) is 41.1 Å². The molecular weight excluding hydrogens is 366 g/mol. The lowest BCUT2D eigenvalue weighted by molar-refractivity contribution is -0.137. The zero-order valence-corrected chi connectivity index (χ0v) is 15.8. The van der Waals surface area contributed by atoms with Crippen LogP contribution in [0.15, 0.2) is 35.5 Å². The molecule has 1 atom stereocenters. The van der Waals surface area contributed by atoms with Gasteiger partial charge in [-0.05, 0) is 24.6 Å². The second kappa shape index (κ2) is 8.75. The summed E-state index contributed by atoms with van der Waals surface area (Å²) in [5.74, 6) is -0.0955. The van der Waals surface area contributed by atoms with Crippen molar-refractivity contribution in [1.29, 1.82) is 0 Å². The summed E-state index contributed by atoms with van der Waals surface area (Å²) >= 11 is 0. The molecule has 0 aliphatic carbocycles. The number of esters is 1. The summed E-state index contributed by atoms with van der Waals surface area (Å²) in [7, 11) is 1.29. The summed E-state index contributed by atoms with van der Waals surface area (Å²) in [6.45, 7) is 3.80. The highest BCUT2D eigenvalue weighted by molar-refractivity contribution is 5.94. The van der Waals surface area contributed by atoms with E-state index < -0.39 is 18.0 Å². The van der Waals surface area contributed by atoms with Crippen molar-refractivity contribution < 1.29 is 28.6 Å². The molecule has 9 heteroatoms. The van der Waals surface area contributed by atoms with Gasteiger partial charge in [0.05, 0.1) is 31.9 Å². The van der Waals surface area contributed by atoms with Crippen LogP contribution in [-0.4, -0.2) is 62.8 Å². The van der Waals surface area contributed by atoms with Crippen LogP contribution >= 0.6 is 0 Å². The fraction of sp³-hybridized carbons (Fsp3) is 0.421. The summed E-state index contributed by atoms with van der Waals surface area (Å²) in [5, 5.41) is 5.29. The summed E-state index contributed by atoms with van der Waals surface area (Å²) in [5.41, 5.74) is 1.47. The number of carbonyl (C=O) groups excluding carboxylic acids is 3. The molecule has 0 spiro atoms. The number of carbonyl (C=O) groups is 3. The Labute approximate surface area is 162 Å². The molecule has 1 aromatic carbocycles. The van der Waals surface area contributed by atoms with E-state index in [0.29, 0.717) is 48.9 Å². The maximum absolute atomic E-state index is 12.1. The van der Waals surface area contributed by atoms with Gasteiger partial charge in [-0.25, -0.2) is 9.59 Å². The predicted molar refractivity (Wildman–Crippen MR) is 98.5 cm³/mol. The summed E-state index contributed by atoms with van der Waals surface area (Å²) < 4.78 is 15.6. The first-order valence-corrected chi connectivity index (χ1v) is 8.94. The molecule has 2 aliphatic heterocycles. The fourth-order valence-corrected chi connectivity index (χ4v) is 3.13. The number of ether oxygens (including phenoxy) is 3. The monoisotopic (exact) mass is 389 g/mol. The van der Waals surface area contributed by atoms with Crippen LogP contribution in [0, 0.1) is 0 Å². The normalized spacial score (nSPS) is 19.6. The molecule has 0 saturated carbocycles. The third-order valence-electron chi connectivity index (χ3n) is 4.61. The third kappa shape index (κ3) is 4.42. The highest BCUT2D eigenvalue weighted by Gasteiger charge is 2.31. The van der Waals surface area contributed by atoms with Crippen LogP contribution in [0.25, 0.3) is 0 Å². The lowest BCUT2D eigenvalue weighted by Crippen LogP contribution is -2.45. The Morgan fingerprint density at radius 3 is 2.54 bits per heavy atom. The van der Waals surface area contributed by atoms with Gasteiger partial charge in [0.15, 0.2) is 6.61 Å². The molecule has 1 fully saturated rings. The zero-order valence-electron chi connectivity index (χ0n) is 15.8. The molecule has 0 aromatic heterocycles. The largest absolute Gasteiger partial charge is 0.484 e. The number of nitrogens with one attached hydrogen (secondary N) is 2. The van der Waals surface area contributed by atoms with Crippen molar-refractivity contribution >= 4 is 17.9 Å². The molecule has 1 saturated heterocycles. The highest BCUT2D eigenvalue weighted by atomic mass is 16.5. The standard InChI is InChI=1S/C19H23N3O6/c1-12-16(18(24)26-2)17(21-19(25)20-12)13-3-5-14(6-4-13)28-11-15(23)22-7-9-27-10-8-22/h3-6,17H,7-11H2,1-2H3,(H2,20,21,25). The minimum Gasteiger partial charge on any atom is -0.484 e. The molecular formula is C19H23N3O6. The van der Waals surface area contributed by atoms with Gasteiger partial charge in [0.2, 0.25) is 0 Å². The minimum atomic E-state index is -0.634. The molecule has 150 valence electrons. The SMILES string of the molecule is COC(=O)C1=C(C)NC(=O)NC1c1ccc(OCC(=O)N2CCOCC2)cc1. The van der Waals surface area contributed by atoms with Crippen molar-refractivity contribution in [1.82, 2.24) is 15.5 Å². The first kappa shape index (κ1) is 19.7. The number of benzene rings is 1. The zero-order chi connectivity index (χ0) is 20.1. The van der Waals surface area contributed by atoms with E-state index >= 15 is 0 Å². The molecule has 2 heterocycles. The predicted octanol–water partition coefficient (Wildman–Crippen LogP) is 0.725. The van der Waals surface area contributed by atoms with E-state index in [1.54, 1.807) is 36.1 Å². The van der Waals surface area contributed by atoms with Crippen LogP contribution in [0.2, 0.25) is 0 Å². The second-order valence-electron chi connectivity index (χ2n) is 6.41. The van der Waals surface area contributed by atoms with Gasteiger partial charge in [0, 0.05) is 18.8 Å². The van der Waals surface area contributed by atoms with E-state index in [0.717, 1.165) is 0 Å². The van der Waals surface area contributed by atoms with E-state index in [-0.39, 0.29) is 12.5 Å². The Morgan fingerprint density at radius 2 is 1.89 bits per heavy atom. The number of rotatable bonds is 5. The average Bonchev–Trinajstić information content (AvgIpc) is 2.72. The van der Waals surface area contributed by atoms with Gasteiger partial charge >= 0.3 is 12.0 Å². The first-order valence-electron chi connectivity index (χ1n) is 8.94. The van der Waals surface area contributed by atoms with Crippen molar-refractivity contribution in [3.8, 4) is 5.75 Å². The van der Waals surface area contributed by atoms with Crippen LogP contribution in [0.5, 0.6) is 5.75 Å². The molecule has 3 amide bonds. The second-order valence-corrected chi connectivity index (χ2v) is 6.41. The Hall–Kier alpha value is -3.07. The van der Waals surface area contributed by atoms with Crippen LogP contribution in [-0.2, 0) is 19.1 Å². The van der Waals surface area contributed by atoms with Crippen molar-refractivity contribution in [2.45, 2.75) is 13.0 Å². The molecule has 0 radical (unpaired) electrons. The molecule has 1 aromatic rings. The van der Waals surface area contributed by atoms with E-state index in [1.807, 2.05) is 0 Å². The summed E-state index contributed by atoms with van der Waals surface area (Å²) in [6.07, 6.45) is 0. The van der Waals surface area contributed by atoms with Gasteiger partial charge in [-0.2, -0.15) is 0 Å². The summed E-state index contributed by atoms with van der Waals surface area (Å²) in [6, 6.07) is 5.83. The van der Waals surface area contributed by atoms with Crippen LogP contribution in [0.4, 0.5) is 4.79 Å². The van der Waals surface area contributed by atoms with Crippen molar-refractivity contribution in [2.24, 2.45) is 0 Å². The third-order valence-corrected chi connectivity index (χ3v) is 4.61. The topological polar surface area (TPSA) is 106 Å². The van der Waals surface area contributed by atoms with Crippen molar-refractivity contribution in [2.75, 3.05) is 40.0 Å². The number of allylic oxidation sites excluding steroid dienone is 1. The Kier molecular flexibility index (Phi) is 6.15. The number of morpholine rings is 1. The van der Waals surface area contributed by atoms with E-state index in [1.165, 1.54) is 7.11 Å². The van der Waals surface area contributed by atoms with E-state index in [4.69, 9.17) is 14.2 Å². The van der Waals surface area contributed by atoms with Crippen LogP contribution in [0.1, 0.15) is 18.5 Å². The summed E-state index contributed by atoms with van der Waals surface area (Å²) in [4.78, 5) is 37.8. The molecule has 1 unspecified atom stereocenters. The number of amides is 3. The Bertz CT molecular complexity index is 783. The van der Waals surface area contributed by atoms with Gasteiger partial charge < -0.3 is 29.7 Å². The Balaban J connectivity index is 1.67. The number of urea groups is 1. The van der Waals surface area contributed by atoms with Crippen LogP contribution in [0.3, 0.4) is 0 Å². The molecule has 28 heavy (non-hydrogen) atoms. The molecule has 2 aliphatic rings. The van der Waals surface area contributed by atoms with Gasteiger partial charge in [-0.1, -0.05) is 12.1 Å². The lowest BCUT2D eigenvalue weighted by Gasteiger charge is -2.28. The Morgan fingerprint density at radius 1 is 1.21 bits per heavy atom. The molecule has 9 nitrogen and oxygen atoms in total. The number of nitrogens with zero attached hydrogens (tertiary/aromatic N) is 1. The van der Waals surface area contributed by atoms with Gasteiger partial charge in [-0.15, -0.1) is 0 Å². The maximum Gasteiger partial charge on any atom is 0.337 e. The number of hydrogen-bond donors (Lipinski definition) is 2. The smallest absolute Gasteiger partial charge is 0.337 e. The van der Waals surface area contributed by atoms with Gasteiger partial charge in [-0.3, -0.25) is 4.79 Å². The van der Waals surface area contributed by atoms with Gasteiger partial charge in [0.25, 0.3) is 5.91 Å². The van der Waals surface area contributed by atoms with Crippen LogP contribution < -0.4 is 15.4 Å². The highest BCUT2D eigenvalue weighted by Crippen LogP contribution is 2.28. The quantitative estimate of drug-likeness (QED) is 0.719. The lowest BCUT2D eigenvalue weighted by atomic mass is 9.95. The number of methoxy groups -OCH3 is 1. The first-order chi connectivity index (χ1) is 13.5. The average molecular weight is 389 g/mol.